The minimum absolute atomic E-state index is 0.194. The van der Waals surface area contributed by atoms with Crippen molar-refractivity contribution in [1.82, 2.24) is 0 Å². The van der Waals surface area contributed by atoms with E-state index in [0.29, 0.717) is 12.1 Å². The third-order valence-corrected chi connectivity index (χ3v) is 4.96. The van der Waals surface area contributed by atoms with Crippen LogP contribution in [0, 0.1) is 0 Å². The molecule has 1 nitrogen and oxygen atoms in total. The average Bonchev–Trinajstić information content (AvgIpc) is 2.89. The molecule has 2 unspecified atom stereocenters. The summed E-state index contributed by atoms with van der Waals surface area (Å²) in [5.74, 6) is 0. The highest BCUT2D eigenvalue weighted by Gasteiger charge is 2.37. The normalized spacial score (nSPS) is 25.1. The van der Waals surface area contributed by atoms with Crippen molar-refractivity contribution in [3.05, 3.63) is 89.6 Å². The van der Waals surface area contributed by atoms with Gasteiger partial charge in [0.1, 0.15) is 0 Å². The van der Waals surface area contributed by atoms with Gasteiger partial charge in [0.05, 0.1) is 12.1 Å². The van der Waals surface area contributed by atoms with E-state index in [9.17, 15) is 0 Å². The van der Waals surface area contributed by atoms with Gasteiger partial charge in [-0.2, -0.15) is 0 Å². The molecule has 0 aromatic heterocycles. The topological polar surface area (TPSA) is 3.24 Å². The van der Waals surface area contributed by atoms with Crippen molar-refractivity contribution < 1.29 is 0 Å². The van der Waals surface area contributed by atoms with Crippen molar-refractivity contribution >= 4 is 5.69 Å². The van der Waals surface area contributed by atoms with Gasteiger partial charge in [-0.1, -0.05) is 81.5 Å². The predicted molar refractivity (Wildman–Crippen MR) is 98.8 cm³/mol. The van der Waals surface area contributed by atoms with Gasteiger partial charge in [0.2, 0.25) is 0 Å². The third-order valence-electron chi connectivity index (χ3n) is 4.96. The minimum atomic E-state index is 0.194. The van der Waals surface area contributed by atoms with Crippen LogP contribution in [0.3, 0.4) is 0 Å². The Bertz CT molecular complexity index is 725. The summed E-state index contributed by atoms with van der Waals surface area (Å²) in [6, 6.07) is 9.79. The van der Waals surface area contributed by atoms with Gasteiger partial charge in [-0.15, -0.1) is 0 Å². The summed E-state index contributed by atoms with van der Waals surface area (Å²) in [5, 5.41) is 0. The molecule has 116 valence electrons. The van der Waals surface area contributed by atoms with Gasteiger partial charge in [-0.3, -0.25) is 0 Å². The van der Waals surface area contributed by atoms with Crippen LogP contribution >= 0.6 is 0 Å². The molecule has 0 fully saturated rings. The molecule has 1 aromatic rings. The molecule has 1 aromatic carbocycles. The Hall–Kier alpha value is -2.28. The van der Waals surface area contributed by atoms with E-state index in [4.69, 9.17) is 0 Å². The lowest BCUT2D eigenvalue weighted by Crippen LogP contribution is -2.37. The first kappa shape index (κ1) is 14.3. The van der Waals surface area contributed by atoms with Gasteiger partial charge in [-0.25, -0.2) is 0 Å². The smallest absolute Gasteiger partial charge is 0.0742 e. The molecular weight excluding hydrogens is 278 g/mol. The highest BCUT2D eigenvalue weighted by molar-refractivity contribution is 5.67. The molecular formula is C22H23N. The van der Waals surface area contributed by atoms with E-state index in [2.05, 4.69) is 98.5 Å². The van der Waals surface area contributed by atoms with Gasteiger partial charge in [-0.05, 0) is 34.3 Å². The molecule has 4 rings (SSSR count). The number of rotatable bonds is 1. The monoisotopic (exact) mass is 301 g/mol. The maximum Gasteiger partial charge on any atom is 0.0742 e. The molecule has 23 heavy (non-hydrogen) atoms. The highest BCUT2D eigenvalue weighted by Crippen LogP contribution is 2.40. The van der Waals surface area contributed by atoms with Crippen molar-refractivity contribution in [1.29, 1.82) is 0 Å². The van der Waals surface area contributed by atoms with Crippen LogP contribution in [0.25, 0.3) is 0 Å². The molecule has 2 atom stereocenters. The minimum Gasteiger partial charge on any atom is -0.350 e. The molecule has 0 N–H and O–H groups in total. The van der Waals surface area contributed by atoms with E-state index < -0.39 is 0 Å². The van der Waals surface area contributed by atoms with E-state index in [0.717, 1.165) is 0 Å². The maximum atomic E-state index is 2.52. The fourth-order valence-electron chi connectivity index (χ4n) is 3.71. The van der Waals surface area contributed by atoms with E-state index in [1.54, 1.807) is 0 Å². The zero-order valence-corrected chi connectivity index (χ0v) is 14.0. The second-order valence-electron chi connectivity index (χ2n) is 7.49. The number of fused-ring (bicyclic) bond motifs is 2. The Labute approximate surface area is 139 Å². The summed E-state index contributed by atoms with van der Waals surface area (Å²) >= 11 is 0. The molecule has 0 radical (unpaired) electrons. The van der Waals surface area contributed by atoms with Crippen molar-refractivity contribution in [2.75, 3.05) is 4.90 Å². The lowest BCUT2D eigenvalue weighted by atomic mass is 9.87. The molecule has 0 saturated heterocycles. The quantitative estimate of drug-likeness (QED) is 0.698. The van der Waals surface area contributed by atoms with Crippen molar-refractivity contribution in [2.45, 2.75) is 38.3 Å². The van der Waals surface area contributed by atoms with Crippen LogP contribution in [0.1, 0.15) is 26.3 Å². The fourth-order valence-corrected chi connectivity index (χ4v) is 3.71. The zero-order valence-electron chi connectivity index (χ0n) is 14.0. The summed E-state index contributed by atoms with van der Waals surface area (Å²) in [7, 11) is 0. The Morgan fingerprint density at radius 1 is 0.739 bits per heavy atom. The number of anilines is 1. The van der Waals surface area contributed by atoms with Crippen LogP contribution in [-0.4, -0.2) is 12.1 Å². The number of hydrogen-bond acceptors (Lipinski definition) is 1. The van der Waals surface area contributed by atoms with Crippen LogP contribution in [0.5, 0.6) is 0 Å². The SMILES string of the molecule is CC(C)(C)c1ccc(N2C3C=CC=CC3=C3C=CC=CC32)cc1. The average molecular weight is 301 g/mol. The van der Waals surface area contributed by atoms with Gasteiger partial charge in [0.25, 0.3) is 0 Å². The van der Waals surface area contributed by atoms with Crippen LogP contribution in [0.15, 0.2) is 84.0 Å². The molecule has 3 aliphatic rings. The summed E-state index contributed by atoms with van der Waals surface area (Å²) in [6.45, 7) is 6.79. The lowest BCUT2D eigenvalue weighted by Gasteiger charge is -2.33. The number of benzene rings is 1. The lowest BCUT2D eigenvalue weighted by molar-refractivity contribution is 0.590. The number of nitrogens with zero attached hydrogens (tertiary/aromatic N) is 1. The van der Waals surface area contributed by atoms with Crippen LogP contribution in [0.2, 0.25) is 0 Å². The first-order valence-electron chi connectivity index (χ1n) is 8.38. The standard InChI is InChI=1S/C22H23N/c1-22(2,3)16-12-14-17(15-13-16)23-20-10-6-4-8-18(20)19-9-5-7-11-21(19)23/h4-15,20-21H,1-3H3. The third kappa shape index (κ3) is 2.31. The van der Waals surface area contributed by atoms with E-state index in [-0.39, 0.29) is 5.41 Å². The van der Waals surface area contributed by atoms with Gasteiger partial charge < -0.3 is 4.90 Å². The summed E-state index contributed by atoms with van der Waals surface area (Å²) < 4.78 is 0. The predicted octanol–water partition coefficient (Wildman–Crippen LogP) is 5.09. The van der Waals surface area contributed by atoms with Crippen LogP contribution in [0.4, 0.5) is 5.69 Å². The molecule has 0 bridgehead atoms. The van der Waals surface area contributed by atoms with Crippen LogP contribution in [-0.2, 0) is 5.41 Å². The van der Waals surface area contributed by atoms with Crippen LogP contribution < -0.4 is 4.90 Å². The first-order valence-corrected chi connectivity index (χ1v) is 8.38. The van der Waals surface area contributed by atoms with Gasteiger partial charge in [0.15, 0.2) is 0 Å². The Morgan fingerprint density at radius 3 is 1.74 bits per heavy atom. The Kier molecular flexibility index (Phi) is 3.19. The molecule has 0 spiro atoms. The number of allylic oxidation sites excluding steroid dienone is 4. The summed E-state index contributed by atoms with van der Waals surface area (Å²) in [5.41, 5.74) is 5.72. The van der Waals surface area contributed by atoms with E-state index >= 15 is 0 Å². The van der Waals surface area contributed by atoms with Crippen molar-refractivity contribution in [2.24, 2.45) is 0 Å². The summed E-state index contributed by atoms with van der Waals surface area (Å²) in [4.78, 5) is 2.52. The molecule has 0 amide bonds. The fraction of sp³-hybridized carbons (Fsp3) is 0.273. The Morgan fingerprint density at radius 2 is 1.26 bits per heavy atom. The first-order chi connectivity index (χ1) is 11.1. The van der Waals surface area contributed by atoms with E-state index in [1.807, 2.05) is 0 Å². The maximum absolute atomic E-state index is 2.52. The van der Waals surface area contributed by atoms with Crippen molar-refractivity contribution in [3.8, 4) is 0 Å². The zero-order chi connectivity index (χ0) is 16.0. The largest absolute Gasteiger partial charge is 0.350 e. The molecule has 1 heterocycles. The van der Waals surface area contributed by atoms with Gasteiger partial charge >= 0.3 is 0 Å². The highest BCUT2D eigenvalue weighted by atomic mass is 15.2. The van der Waals surface area contributed by atoms with E-state index in [1.165, 1.54) is 22.4 Å². The second-order valence-corrected chi connectivity index (χ2v) is 7.49. The van der Waals surface area contributed by atoms with Gasteiger partial charge in [0, 0.05) is 5.69 Å². The summed E-state index contributed by atoms with van der Waals surface area (Å²) in [6.07, 6.45) is 17.8. The van der Waals surface area contributed by atoms with Crippen molar-refractivity contribution in [3.63, 3.8) is 0 Å². The number of hydrogen-bond donors (Lipinski definition) is 0. The molecule has 1 aliphatic heterocycles. The molecule has 2 aliphatic carbocycles. The second kappa shape index (κ2) is 5.13. The Balaban J connectivity index is 1.75. The molecule has 0 saturated carbocycles. The molecule has 1 heteroatoms.